The Morgan fingerprint density at radius 1 is 1.21 bits per heavy atom. The van der Waals surface area contributed by atoms with E-state index in [-0.39, 0.29) is 18.4 Å². The Labute approximate surface area is 113 Å². The zero-order valence-corrected chi connectivity index (χ0v) is 11.3. The lowest BCUT2D eigenvalue weighted by molar-refractivity contribution is -0.116. The van der Waals surface area contributed by atoms with E-state index in [1.54, 1.807) is 12.1 Å². The van der Waals surface area contributed by atoms with E-state index in [2.05, 4.69) is 10.6 Å². The normalized spacial score (nSPS) is 10.1. The summed E-state index contributed by atoms with van der Waals surface area (Å²) in [7, 11) is 0. The number of amides is 2. The number of benzene rings is 1. The molecule has 19 heavy (non-hydrogen) atoms. The van der Waals surface area contributed by atoms with Gasteiger partial charge in [-0.25, -0.2) is 0 Å². The van der Waals surface area contributed by atoms with Crippen molar-refractivity contribution in [3.8, 4) is 0 Å². The highest BCUT2D eigenvalue weighted by Crippen LogP contribution is 2.20. The molecule has 1 aromatic carbocycles. The Bertz CT molecular complexity index is 458. The van der Waals surface area contributed by atoms with Gasteiger partial charge < -0.3 is 15.7 Å². The van der Waals surface area contributed by atoms with E-state index in [1.807, 2.05) is 13.0 Å². The second-order valence-electron chi connectivity index (χ2n) is 4.44. The van der Waals surface area contributed by atoms with Crippen LogP contribution in [0.3, 0.4) is 0 Å². The largest absolute Gasteiger partial charge is 0.396 e. The first kappa shape index (κ1) is 15.2. The monoisotopic (exact) mass is 264 g/mol. The van der Waals surface area contributed by atoms with Gasteiger partial charge in [0, 0.05) is 31.3 Å². The van der Waals surface area contributed by atoms with Gasteiger partial charge in [-0.05, 0) is 37.5 Å². The van der Waals surface area contributed by atoms with Crippen LogP contribution in [0.15, 0.2) is 18.2 Å². The van der Waals surface area contributed by atoms with Crippen molar-refractivity contribution in [3.05, 3.63) is 23.8 Å². The van der Waals surface area contributed by atoms with Crippen LogP contribution in [0.4, 0.5) is 11.4 Å². The number of rotatable bonds is 6. The van der Waals surface area contributed by atoms with Gasteiger partial charge >= 0.3 is 0 Å². The van der Waals surface area contributed by atoms with E-state index >= 15 is 0 Å². The number of hydrogen-bond donors (Lipinski definition) is 3. The molecule has 0 atom stereocenters. The number of aliphatic hydroxyl groups excluding tert-OH is 1. The molecule has 2 amide bonds. The highest BCUT2D eigenvalue weighted by molar-refractivity contribution is 5.93. The lowest BCUT2D eigenvalue weighted by atomic mass is 10.1. The number of carbonyl (C=O) groups is 2. The summed E-state index contributed by atoms with van der Waals surface area (Å²) in [5.74, 6) is -0.236. The molecule has 0 aromatic heterocycles. The summed E-state index contributed by atoms with van der Waals surface area (Å²) < 4.78 is 0. The van der Waals surface area contributed by atoms with Gasteiger partial charge in [0.25, 0.3) is 0 Å². The van der Waals surface area contributed by atoms with Gasteiger partial charge in [-0.1, -0.05) is 6.07 Å². The molecular formula is C14H20N2O3. The van der Waals surface area contributed by atoms with Crippen LogP contribution in [0.1, 0.15) is 31.7 Å². The molecule has 0 saturated heterocycles. The molecule has 0 bridgehead atoms. The van der Waals surface area contributed by atoms with Crippen molar-refractivity contribution in [2.24, 2.45) is 0 Å². The minimum Gasteiger partial charge on any atom is -0.396 e. The van der Waals surface area contributed by atoms with E-state index in [1.165, 1.54) is 6.92 Å². The summed E-state index contributed by atoms with van der Waals surface area (Å²) >= 11 is 0. The number of aliphatic hydroxyl groups is 1. The molecule has 0 radical (unpaired) electrons. The van der Waals surface area contributed by atoms with Gasteiger partial charge in [0.15, 0.2) is 0 Å². The average Bonchev–Trinajstić information content (AvgIpc) is 2.33. The van der Waals surface area contributed by atoms with Crippen molar-refractivity contribution in [2.45, 2.75) is 33.1 Å². The third-order valence-electron chi connectivity index (χ3n) is 2.64. The molecule has 0 saturated carbocycles. The van der Waals surface area contributed by atoms with Crippen molar-refractivity contribution < 1.29 is 14.7 Å². The first-order valence-electron chi connectivity index (χ1n) is 6.32. The Morgan fingerprint density at radius 3 is 2.58 bits per heavy atom. The smallest absolute Gasteiger partial charge is 0.224 e. The standard InChI is InChI=1S/C14H20N2O3/c1-10-6-7-12(9-13(10)15-11(2)18)16-14(19)5-3-4-8-17/h6-7,9,17H,3-5,8H2,1-2H3,(H,15,18)(H,16,19). The maximum atomic E-state index is 11.6. The minimum absolute atomic E-state index is 0.0916. The van der Waals surface area contributed by atoms with Crippen LogP contribution in [0.2, 0.25) is 0 Å². The van der Waals surface area contributed by atoms with Crippen molar-refractivity contribution >= 4 is 23.2 Å². The second-order valence-corrected chi connectivity index (χ2v) is 4.44. The Kier molecular flexibility index (Phi) is 6.02. The van der Waals surface area contributed by atoms with Crippen LogP contribution in [0, 0.1) is 6.92 Å². The number of nitrogens with one attached hydrogen (secondary N) is 2. The third kappa shape index (κ3) is 5.52. The Balaban J connectivity index is 2.63. The molecule has 3 N–H and O–H groups in total. The van der Waals surface area contributed by atoms with Crippen molar-refractivity contribution in [2.75, 3.05) is 17.2 Å². The summed E-state index contributed by atoms with van der Waals surface area (Å²) in [5, 5.41) is 14.1. The van der Waals surface area contributed by atoms with Crippen LogP contribution >= 0.6 is 0 Å². The maximum absolute atomic E-state index is 11.6. The van der Waals surface area contributed by atoms with Crippen molar-refractivity contribution in [3.63, 3.8) is 0 Å². The van der Waals surface area contributed by atoms with Crippen LogP contribution in [-0.2, 0) is 9.59 Å². The highest BCUT2D eigenvalue weighted by Gasteiger charge is 2.05. The fourth-order valence-electron chi connectivity index (χ4n) is 1.64. The summed E-state index contributed by atoms with van der Waals surface area (Å²) in [6, 6.07) is 5.37. The van der Waals surface area contributed by atoms with Crippen molar-refractivity contribution in [1.82, 2.24) is 0 Å². The average molecular weight is 264 g/mol. The van der Waals surface area contributed by atoms with Crippen LogP contribution in [-0.4, -0.2) is 23.5 Å². The zero-order valence-electron chi connectivity index (χ0n) is 11.3. The van der Waals surface area contributed by atoms with Gasteiger partial charge in [-0.3, -0.25) is 9.59 Å². The van der Waals surface area contributed by atoms with E-state index in [4.69, 9.17) is 5.11 Å². The predicted octanol–water partition coefficient (Wildman–Crippen LogP) is 2.05. The molecule has 104 valence electrons. The van der Waals surface area contributed by atoms with Crippen LogP contribution < -0.4 is 10.6 Å². The molecule has 1 aromatic rings. The molecule has 0 fully saturated rings. The van der Waals surface area contributed by atoms with Gasteiger partial charge in [-0.2, -0.15) is 0 Å². The molecule has 5 heteroatoms. The number of unbranched alkanes of at least 4 members (excludes halogenated alkanes) is 1. The molecule has 1 rings (SSSR count). The summed E-state index contributed by atoms with van der Waals surface area (Å²) in [6.45, 7) is 3.43. The summed E-state index contributed by atoms with van der Waals surface area (Å²) in [6.07, 6.45) is 1.66. The molecule has 0 aliphatic rings. The van der Waals surface area contributed by atoms with E-state index in [0.717, 1.165) is 5.56 Å². The molecule has 5 nitrogen and oxygen atoms in total. The van der Waals surface area contributed by atoms with Gasteiger partial charge in [0.1, 0.15) is 0 Å². The number of anilines is 2. The fraction of sp³-hybridized carbons (Fsp3) is 0.429. The topological polar surface area (TPSA) is 78.4 Å². The maximum Gasteiger partial charge on any atom is 0.224 e. The SMILES string of the molecule is CC(=O)Nc1cc(NC(=O)CCCCO)ccc1C. The summed E-state index contributed by atoms with van der Waals surface area (Å²) in [4.78, 5) is 22.7. The lowest BCUT2D eigenvalue weighted by Crippen LogP contribution is -2.12. The highest BCUT2D eigenvalue weighted by atomic mass is 16.3. The number of aryl methyl sites for hydroxylation is 1. The predicted molar refractivity (Wildman–Crippen MR) is 75.0 cm³/mol. The van der Waals surface area contributed by atoms with Crippen LogP contribution in [0.5, 0.6) is 0 Å². The Morgan fingerprint density at radius 2 is 1.95 bits per heavy atom. The second kappa shape index (κ2) is 7.53. The quantitative estimate of drug-likeness (QED) is 0.688. The molecular weight excluding hydrogens is 244 g/mol. The van der Waals surface area contributed by atoms with Gasteiger partial charge in [0.2, 0.25) is 11.8 Å². The molecule has 0 aliphatic carbocycles. The molecule has 0 unspecified atom stereocenters. The fourth-order valence-corrected chi connectivity index (χ4v) is 1.64. The Hall–Kier alpha value is -1.88. The van der Waals surface area contributed by atoms with Crippen LogP contribution in [0.25, 0.3) is 0 Å². The zero-order chi connectivity index (χ0) is 14.3. The van der Waals surface area contributed by atoms with E-state index in [9.17, 15) is 9.59 Å². The first-order chi connectivity index (χ1) is 9.02. The lowest BCUT2D eigenvalue weighted by Gasteiger charge is -2.10. The molecule has 0 spiro atoms. The van der Waals surface area contributed by atoms with E-state index in [0.29, 0.717) is 30.6 Å². The number of carbonyl (C=O) groups excluding carboxylic acids is 2. The molecule has 0 heterocycles. The first-order valence-corrected chi connectivity index (χ1v) is 6.32. The number of hydrogen-bond acceptors (Lipinski definition) is 3. The van der Waals surface area contributed by atoms with E-state index < -0.39 is 0 Å². The van der Waals surface area contributed by atoms with Gasteiger partial charge in [0.05, 0.1) is 0 Å². The summed E-state index contributed by atoms with van der Waals surface area (Å²) in [5.41, 5.74) is 2.29. The van der Waals surface area contributed by atoms with Crippen molar-refractivity contribution in [1.29, 1.82) is 0 Å². The molecule has 0 aliphatic heterocycles. The third-order valence-corrected chi connectivity index (χ3v) is 2.64. The minimum atomic E-state index is -0.144. The van der Waals surface area contributed by atoms with Gasteiger partial charge in [-0.15, -0.1) is 0 Å².